The number of ketones is 1. The Morgan fingerprint density at radius 3 is 2.69 bits per heavy atom. The Labute approximate surface area is 153 Å². The monoisotopic (exact) mass is 349 g/mol. The topological polar surface area (TPSA) is 72.7 Å². The molecule has 6 nitrogen and oxygen atoms in total. The Morgan fingerprint density at radius 1 is 1.19 bits per heavy atom. The summed E-state index contributed by atoms with van der Waals surface area (Å²) in [6, 6.07) is 8.47. The number of hydrogen-bond donors (Lipinski definition) is 1. The Bertz CT molecular complexity index is 954. The molecule has 0 amide bonds. The number of fused-ring (bicyclic) bond motifs is 2. The third kappa shape index (κ3) is 3.49. The van der Waals surface area contributed by atoms with Crippen molar-refractivity contribution in [3.63, 3.8) is 0 Å². The zero-order chi connectivity index (χ0) is 18.7. The number of nitrogens with one attached hydrogen (secondary N) is 1. The van der Waals surface area contributed by atoms with Gasteiger partial charge in [-0.1, -0.05) is 18.2 Å². The van der Waals surface area contributed by atoms with Gasteiger partial charge in [-0.3, -0.25) is 4.79 Å². The number of allylic oxidation sites excluding steroid dienone is 2. The van der Waals surface area contributed by atoms with Gasteiger partial charge < -0.3 is 9.88 Å². The van der Waals surface area contributed by atoms with Crippen molar-refractivity contribution >= 4 is 22.6 Å². The van der Waals surface area contributed by atoms with E-state index in [2.05, 4.69) is 58.4 Å². The average Bonchev–Trinajstić information content (AvgIpc) is 3.06. The van der Waals surface area contributed by atoms with Crippen LogP contribution in [0.25, 0.3) is 11.2 Å². The normalized spacial score (nSPS) is 12.9. The van der Waals surface area contributed by atoms with Crippen molar-refractivity contribution in [3.8, 4) is 0 Å². The predicted molar refractivity (Wildman–Crippen MR) is 103 cm³/mol. The Balaban J connectivity index is 0.000000152. The van der Waals surface area contributed by atoms with Crippen molar-refractivity contribution < 1.29 is 4.79 Å². The van der Waals surface area contributed by atoms with Gasteiger partial charge in [-0.25, -0.2) is 15.0 Å². The van der Waals surface area contributed by atoms with Crippen LogP contribution in [0.4, 0.5) is 5.69 Å². The summed E-state index contributed by atoms with van der Waals surface area (Å²) in [6.45, 7) is 8.54. The molecule has 1 aromatic carbocycles. The molecule has 134 valence electrons. The largest absolute Gasteiger partial charge is 0.359 e. The summed E-state index contributed by atoms with van der Waals surface area (Å²) in [7, 11) is 0. The van der Waals surface area contributed by atoms with E-state index in [0.717, 1.165) is 18.5 Å². The Hall–Kier alpha value is -3.02. The van der Waals surface area contributed by atoms with E-state index in [1.54, 1.807) is 6.33 Å². The Morgan fingerprint density at radius 2 is 1.96 bits per heavy atom. The molecule has 1 aliphatic heterocycles. The highest BCUT2D eigenvalue weighted by molar-refractivity contribution is 6.02. The smallest absolute Gasteiger partial charge is 0.181 e. The summed E-state index contributed by atoms with van der Waals surface area (Å²) in [5.41, 5.74) is 7.15. The molecule has 1 N–H and O–H groups in total. The second-order valence-electron chi connectivity index (χ2n) is 6.35. The number of carbonyl (C=O) groups excluding carboxylic acids is 1. The number of imidazole rings is 1. The van der Waals surface area contributed by atoms with Gasteiger partial charge in [0.15, 0.2) is 11.4 Å². The lowest BCUT2D eigenvalue weighted by Crippen LogP contribution is -2.08. The summed E-state index contributed by atoms with van der Waals surface area (Å²) < 4.78 is 1.87. The third-order valence-electron chi connectivity index (χ3n) is 4.52. The second kappa shape index (κ2) is 7.47. The average molecular weight is 349 g/mol. The van der Waals surface area contributed by atoms with Crippen LogP contribution in [0.2, 0.25) is 0 Å². The molecule has 3 aromatic rings. The van der Waals surface area contributed by atoms with E-state index in [9.17, 15) is 4.79 Å². The summed E-state index contributed by atoms with van der Waals surface area (Å²) in [5.74, 6) is -0.0624. The summed E-state index contributed by atoms with van der Waals surface area (Å²) in [5, 5.41) is 3.39. The highest BCUT2D eigenvalue weighted by Crippen LogP contribution is 2.26. The molecule has 0 bridgehead atoms. The standard InChI is InChI=1S/C11H13N.C9H10N4O/c1-8-7-10-5-3-4-6-11(10)12-9(8)2;1-3-13-5-12-9-8(13)7(6(2)14)10-4-11-9/h3-6,12H,7H2,1-2H3;4-5H,3H2,1-2H3. The highest BCUT2D eigenvalue weighted by atomic mass is 16.1. The first-order valence-electron chi connectivity index (χ1n) is 8.69. The molecule has 6 heteroatoms. The Kier molecular flexibility index (Phi) is 5.11. The highest BCUT2D eigenvalue weighted by Gasteiger charge is 2.12. The van der Waals surface area contributed by atoms with Gasteiger partial charge in [-0.15, -0.1) is 0 Å². The molecular weight excluding hydrogens is 326 g/mol. The van der Waals surface area contributed by atoms with Crippen LogP contribution in [-0.4, -0.2) is 25.3 Å². The molecule has 0 saturated carbocycles. The molecule has 0 radical (unpaired) electrons. The second-order valence-corrected chi connectivity index (χ2v) is 6.35. The number of rotatable bonds is 2. The minimum Gasteiger partial charge on any atom is -0.359 e. The maximum absolute atomic E-state index is 11.3. The molecule has 3 heterocycles. The molecular formula is C20H23N5O. The molecule has 0 fully saturated rings. The number of benzene rings is 1. The molecule has 1 aliphatic rings. The van der Waals surface area contributed by atoms with Crippen LogP contribution in [0.3, 0.4) is 0 Å². The van der Waals surface area contributed by atoms with Gasteiger partial charge in [0.25, 0.3) is 0 Å². The summed E-state index contributed by atoms with van der Waals surface area (Å²) in [6.07, 6.45) is 4.13. The van der Waals surface area contributed by atoms with Gasteiger partial charge in [0.1, 0.15) is 17.5 Å². The first-order valence-corrected chi connectivity index (χ1v) is 8.69. The fraction of sp³-hybridized carbons (Fsp3) is 0.300. The van der Waals surface area contributed by atoms with E-state index in [1.807, 2.05) is 11.5 Å². The van der Waals surface area contributed by atoms with Crippen molar-refractivity contribution in [1.29, 1.82) is 0 Å². The molecule has 26 heavy (non-hydrogen) atoms. The maximum Gasteiger partial charge on any atom is 0.181 e. The van der Waals surface area contributed by atoms with Crippen LogP contribution in [-0.2, 0) is 13.0 Å². The third-order valence-corrected chi connectivity index (χ3v) is 4.52. The molecule has 0 atom stereocenters. The van der Waals surface area contributed by atoms with Crippen molar-refractivity contribution in [3.05, 3.63) is 59.4 Å². The first kappa shape index (κ1) is 17.8. The SMILES string of the molecule is CC1=C(C)Nc2ccccc2C1.CCn1cnc2ncnc(C(C)=O)c21. The number of hydrogen-bond acceptors (Lipinski definition) is 5. The molecule has 0 aliphatic carbocycles. The summed E-state index contributed by atoms with van der Waals surface area (Å²) in [4.78, 5) is 23.3. The lowest BCUT2D eigenvalue weighted by Gasteiger charge is -2.20. The number of aromatic nitrogens is 4. The van der Waals surface area contributed by atoms with E-state index in [4.69, 9.17) is 0 Å². The van der Waals surface area contributed by atoms with Crippen LogP contribution in [0.5, 0.6) is 0 Å². The number of Topliss-reactive ketones (excluding diaryl/α,β-unsaturated/α-hetero) is 1. The van der Waals surface area contributed by atoms with Crippen LogP contribution < -0.4 is 5.32 Å². The van der Waals surface area contributed by atoms with Crippen LogP contribution in [0, 0.1) is 0 Å². The van der Waals surface area contributed by atoms with E-state index >= 15 is 0 Å². The fourth-order valence-corrected chi connectivity index (χ4v) is 2.93. The van der Waals surface area contributed by atoms with E-state index < -0.39 is 0 Å². The van der Waals surface area contributed by atoms with Crippen LogP contribution in [0.1, 0.15) is 43.7 Å². The van der Waals surface area contributed by atoms with Gasteiger partial charge in [0.2, 0.25) is 0 Å². The molecule has 0 unspecified atom stereocenters. The van der Waals surface area contributed by atoms with Gasteiger partial charge in [0, 0.05) is 24.9 Å². The van der Waals surface area contributed by atoms with E-state index in [-0.39, 0.29) is 5.78 Å². The van der Waals surface area contributed by atoms with Gasteiger partial charge in [-0.05, 0) is 44.4 Å². The lowest BCUT2D eigenvalue weighted by atomic mass is 9.99. The van der Waals surface area contributed by atoms with E-state index in [0.29, 0.717) is 11.3 Å². The minimum absolute atomic E-state index is 0.0624. The number of nitrogens with zero attached hydrogens (tertiary/aromatic N) is 4. The van der Waals surface area contributed by atoms with Crippen molar-refractivity contribution in [2.75, 3.05) is 5.32 Å². The van der Waals surface area contributed by atoms with Crippen molar-refractivity contribution in [1.82, 2.24) is 19.5 Å². The molecule has 2 aromatic heterocycles. The van der Waals surface area contributed by atoms with Crippen molar-refractivity contribution in [2.24, 2.45) is 0 Å². The number of carbonyl (C=O) groups is 1. The molecule has 0 spiro atoms. The lowest BCUT2D eigenvalue weighted by molar-refractivity contribution is 0.101. The molecule has 4 rings (SSSR count). The summed E-state index contributed by atoms with van der Waals surface area (Å²) >= 11 is 0. The predicted octanol–water partition coefficient (Wildman–Crippen LogP) is 4.00. The van der Waals surface area contributed by atoms with Crippen molar-refractivity contribution in [2.45, 2.75) is 40.7 Å². The zero-order valence-electron chi connectivity index (χ0n) is 15.6. The maximum atomic E-state index is 11.3. The van der Waals surface area contributed by atoms with Gasteiger partial charge in [-0.2, -0.15) is 0 Å². The zero-order valence-corrected chi connectivity index (χ0v) is 15.6. The van der Waals surface area contributed by atoms with Gasteiger partial charge in [0.05, 0.1) is 6.33 Å². The van der Waals surface area contributed by atoms with Crippen LogP contribution >= 0.6 is 0 Å². The number of anilines is 1. The fourth-order valence-electron chi connectivity index (χ4n) is 2.93. The van der Waals surface area contributed by atoms with Crippen LogP contribution in [0.15, 0.2) is 48.2 Å². The van der Waals surface area contributed by atoms with Gasteiger partial charge >= 0.3 is 0 Å². The molecule has 0 saturated heterocycles. The van der Waals surface area contributed by atoms with E-state index in [1.165, 1.54) is 35.8 Å². The quantitative estimate of drug-likeness (QED) is 0.708. The number of para-hydroxylation sites is 1. The minimum atomic E-state index is -0.0624. The number of aryl methyl sites for hydroxylation is 1. The first-order chi connectivity index (χ1) is 12.5.